The number of aliphatic carboxylic acids is 1. The molecule has 4 rings (SSSR count). The van der Waals surface area contributed by atoms with E-state index in [0.29, 0.717) is 0 Å². The zero-order valence-corrected chi connectivity index (χ0v) is 16.7. The van der Waals surface area contributed by atoms with Crippen LogP contribution in [0.3, 0.4) is 0 Å². The van der Waals surface area contributed by atoms with Crippen molar-refractivity contribution in [3.8, 4) is 0 Å². The van der Waals surface area contributed by atoms with Crippen molar-refractivity contribution in [3.63, 3.8) is 0 Å². The van der Waals surface area contributed by atoms with E-state index < -0.39 is 5.97 Å². The molecule has 0 aromatic heterocycles. The number of fused-ring (bicyclic) bond motifs is 3. The number of benzene rings is 2. The fourth-order valence-corrected chi connectivity index (χ4v) is 4.30. The van der Waals surface area contributed by atoms with Crippen molar-refractivity contribution < 1.29 is 14.7 Å². The van der Waals surface area contributed by atoms with Crippen molar-refractivity contribution in [3.05, 3.63) is 65.2 Å². The van der Waals surface area contributed by atoms with Gasteiger partial charge in [0.1, 0.15) is 0 Å². The first-order valence-corrected chi connectivity index (χ1v) is 9.93. The van der Waals surface area contributed by atoms with Gasteiger partial charge in [-0.1, -0.05) is 36.4 Å². The summed E-state index contributed by atoms with van der Waals surface area (Å²) < 4.78 is 0. The Morgan fingerprint density at radius 2 is 1.83 bits per heavy atom. The third-order valence-electron chi connectivity index (χ3n) is 5.79. The number of nitrogens with zero attached hydrogens (tertiary/aromatic N) is 3. The summed E-state index contributed by atoms with van der Waals surface area (Å²) in [5, 5.41) is 15.3. The van der Waals surface area contributed by atoms with Gasteiger partial charge in [0.15, 0.2) is 0 Å². The molecule has 0 radical (unpaired) electrons. The standard InChI is InChI=1S/C23H25N3O3/c1-25(2)17-10-7-16(8-11-17)23-19-12-9-15-5-3-4-6-18(15)22(19)24-26(23)20(27)13-14-21(28)29/h3-8,10-11,19,23H,9,12-14H2,1-2H3,(H,28,29). The topological polar surface area (TPSA) is 73.2 Å². The molecule has 2 aromatic carbocycles. The smallest absolute Gasteiger partial charge is 0.303 e. The maximum absolute atomic E-state index is 12.9. The molecular formula is C23H25N3O3. The number of hydrazone groups is 1. The molecule has 1 amide bonds. The number of carbonyl (C=O) groups excluding carboxylic acids is 1. The monoisotopic (exact) mass is 391 g/mol. The molecule has 6 nitrogen and oxygen atoms in total. The van der Waals surface area contributed by atoms with Gasteiger partial charge in [-0.15, -0.1) is 0 Å². The Labute approximate surface area is 170 Å². The number of amides is 1. The lowest BCUT2D eigenvalue weighted by Gasteiger charge is -2.30. The molecule has 1 aliphatic carbocycles. The van der Waals surface area contributed by atoms with Gasteiger partial charge in [-0.3, -0.25) is 9.59 Å². The minimum absolute atomic E-state index is 0.0488. The lowest BCUT2D eigenvalue weighted by molar-refractivity contribution is -0.141. The van der Waals surface area contributed by atoms with E-state index in [1.807, 2.05) is 43.3 Å². The summed E-state index contributed by atoms with van der Waals surface area (Å²) in [5.41, 5.74) is 5.42. The van der Waals surface area contributed by atoms with Crippen molar-refractivity contribution in [2.45, 2.75) is 31.7 Å². The highest BCUT2D eigenvalue weighted by molar-refractivity contribution is 6.06. The maximum atomic E-state index is 12.9. The second kappa shape index (κ2) is 7.70. The summed E-state index contributed by atoms with van der Waals surface area (Å²) in [4.78, 5) is 25.9. The van der Waals surface area contributed by atoms with Crippen molar-refractivity contribution in [1.82, 2.24) is 5.01 Å². The molecule has 0 saturated heterocycles. The molecule has 2 atom stereocenters. The van der Waals surface area contributed by atoms with Crippen LogP contribution in [0.2, 0.25) is 0 Å². The predicted molar refractivity (Wildman–Crippen MR) is 112 cm³/mol. The van der Waals surface area contributed by atoms with Crippen LogP contribution in [-0.4, -0.2) is 41.8 Å². The molecule has 1 aliphatic heterocycles. The fraction of sp³-hybridized carbons (Fsp3) is 0.348. The Kier molecular flexibility index (Phi) is 5.09. The van der Waals surface area contributed by atoms with Gasteiger partial charge in [0.2, 0.25) is 5.91 Å². The van der Waals surface area contributed by atoms with Crippen LogP contribution < -0.4 is 4.90 Å². The Bertz CT molecular complexity index is 966. The molecule has 0 bridgehead atoms. The Morgan fingerprint density at radius 1 is 1.10 bits per heavy atom. The quantitative estimate of drug-likeness (QED) is 0.847. The van der Waals surface area contributed by atoms with Crippen molar-refractivity contribution in [2.75, 3.05) is 19.0 Å². The third-order valence-corrected chi connectivity index (χ3v) is 5.79. The highest BCUT2D eigenvalue weighted by Crippen LogP contribution is 2.43. The zero-order valence-electron chi connectivity index (χ0n) is 16.7. The number of hydrogen-bond donors (Lipinski definition) is 1. The van der Waals surface area contributed by atoms with Crippen LogP contribution in [-0.2, 0) is 16.0 Å². The van der Waals surface area contributed by atoms with Crippen LogP contribution in [0.4, 0.5) is 5.69 Å². The Balaban J connectivity index is 1.72. The number of rotatable bonds is 5. The molecule has 2 unspecified atom stereocenters. The molecule has 6 heteroatoms. The maximum Gasteiger partial charge on any atom is 0.303 e. The first kappa shape index (κ1) is 19.2. The van der Waals surface area contributed by atoms with Crippen LogP contribution in [0, 0.1) is 5.92 Å². The van der Waals surface area contributed by atoms with Gasteiger partial charge >= 0.3 is 5.97 Å². The minimum Gasteiger partial charge on any atom is -0.481 e. The molecule has 2 aliphatic rings. The van der Waals surface area contributed by atoms with Crippen LogP contribution >= 0.6 is 0 Å². The van der Waals surface area contributed by atoms with E-state index in [-0.39, 0.29) is 30.7 Å². The van der Waals surface area contributed by atoms with Crippen LogP contribution in [0.5, 0.6) is 0 Å². The van der Waals surface area contributed by atoms with Crippen LogP contribution in [0.1, 0.15) is 42.0 Å². The SMILES string of the molecule is CN(C)c1ccc(C2C3CCc4ccccc4C3=NN2C(=O)CCC(=O)O)cc1. The van der Waals surface area contributed by atoms with Crippen LogP contribution in [0.25, 0.3) is 0 Å². The Morgan fingerprint density at radius 3 is 2.52 bits per heavy atom. The van der Waals surface area contributed by atoms with E-state index in [1.54, 1.807) is 0 Å². The summed E-state index contributed by atoms with van der Waals surface area (Å²) >= 11 is 0. The van der Waals surface area contributed by atoms with Gasteiger partial charge in [0.05, 0.1) is 18.2 Å². The number of carboxylic acids is 1. The summed E-state index contributed by atoms with van der Waals surface area (Å²) in [6, 6.07) is 16.2. The first-order chi connectivity index (χ1) is 14.0. The number of anilines is 1. The number of aryl methyl sites for hydroxylation is 1. The summed E-state index contributed by atoms with van der Waals surface area (Å²) in [7, 11) is 3.98. The van der Waals surface area contributed by atoms with E-state index in [0.717, 1.165) is 35.4 Å². The molecule has 1 N–H and O–H groups in total. The summed E-state index contributed by atoms with van der Waals surface area (Å²) in [5.74, 6) is -1.10. The van der Waals surface area contributed by atoms with Crippen molar-refractivity contribution in [2.24, 2.45) is 11.0 Å². The van der Waals surface area contributed by atoms with E-state index in [4.69, 9.17) is 10.2 Å². The zero-order chi connectivity index (χ0) is 20.5. The highest BCUT2D eigenvalue weighted by atomic mass is 16.4. The first-order valence-electron chi connectivity index (χ1n) is 9.93. The van der Waals surface area contributed by atoms with E-state index >= 15 is 0 Å². The molecule has 0 fully saturated rings. The van der Waals surface area contributed by atoms with Crippen molar-refractivity contribution in [1.29, 1.82) is 0 Å². The average Bonchev–Trinajstić information content (AvgIpc) is 3.12. The van der Waals surface area contributed by atoms with E-state index in [9.17, 15) is 9.59 Å². The molecular weight excluding hydrogens is 366 g/mol. The average molecular weight is 391 g/mol. The van der Waals surface area contributed by atoms with Gasteiger partial charge in [0, 0.05) is 37.7 Å². The van der Waals surface area contributed by atoms with Crippen LogP contribution in [0.15, 0.2) is 53.6 Å². The third kappa shape index (κ3) is 3.62. The molecule has 0 saturated carbocycles. The number of hydrogen-bond acceptors (Lipinski definition) is 4. The summed E-state index contributed by atoms with van der Waals surface area (Å²) in [6.07, 6.45) is 1.63. The van der Waals surface area contributed by atoms with Gasteiger partial charge in [-0.2, -0.15) is 5.10 Å². The lowest BCUT2D eigenvalue weighted by atomic mass is 9.77. The van der Waals surface area contributed by atoms with Crippen molar-refractivity contribution >= 4 is 23.3 Å². The predicted octanol–water partition coefficient (Wildman–Crippen LogP) is 3.47. The molecule has 150 valence electrons. The van der Waals surface area contributed by atoms with Gasteiger partial charge < -0.3 is 10.0 Å². The highest BCUT2D eigenvalue weighted by Gasteiger charge is 2.43. The van der Waals surface area contributed by atoms with E-state index in [2.05, 4.69) is 24.3 Å². The Hall–Kier alpha value is -3.15. The number of carbonyl (C=O) groups is 2. The second-order valence-electron chi connectivity index (χ2n) is 7.85. The largest absolute Gasteiger partial charge is 0.481 e. The molecule has 1 heterocycles. The van der Waals surface area contributed by atoms with Gasteiger partial charge in [-0.05, 0) is 36.1 Å². The fourth-order valence-electron chi connectivity index (χ4n) is 4.30. The lowest BCUT2D eigenvalue weighted by Crippen LogP contribution is -2.32. The minimum atomic E-state index is -0.972. The molecule has 0 spiro atoms. The normalized spacial score (nSPS) is 19.9. The second-order valence-corrected chi connectivity index (χ2v) is 7.85. The summed E-state index contributed by atoms with van der Waals surface area (Å²) in [6.45, 7) is 0. The van der Waals surface area contributed by atoms with Gasteiger partial charge in [-0.25, -0.2) is 5.01 Å². The van der Waals surface area contributed by atoms with E-state index in [1.165, 1.54) is 10.6 Å². The number of carboxylic acid groups (broad SMARTS) is 1. The van der Waals surface area contributed by atoms with Gasteiger partial charge in [0.25, 0.3) is 0 Å². The molecule has 2 aromatic rings. The molecule has 29 heavy (non-hydrogen) atoms.